The molecule has 0 aliphatic heterocycles. The van der Waals surface area contributed by atoms with Crippen molar-refractivity contribution in [2.24, 2.45) is 0 Å². The second-order valence-electron chi connectivity index (χ2n) is 6.56. The molecule has 0 amide bonds. The first-order chi connectivity index (χ1) is 13.2. The molecule has 3 rings (SSSR count). The van der Waals surface area contributed by atoms with Gasteiger partial charge in [0.2, 0.25) is 0 Å². The van der Waals surface area contributed by atoms with Gasteiger partial charge in [-0.2, -0.15) is 0 Å². The average molecular weight is 351 g/mol. The van der Waals surface area contributed by atoms with Crippen LogP contribution in [0.1, 0.15) is 25.0 Å². The van der Waals surface area contributed by atoms with E-state index in [0.717, 1.165) is 0 Å². The molecule has 0 N–H and O–H groups in total. The lowest BCUT2D eigenvalue weighted by atomic mass is 9.66. The van der Waals surface area contributed by atoms with Crippen LogP contribution >= 0.6 is 0 Å². The van der Waals surface area contributed by atoms with Gasteiger partial charge in [-0.15, -0.1) is 0 Å². The number of fused-ring (bicyclic) bond motifs is 3. The highest BCUT2D eigenvalue weighted by Gasteiger charge is 2.46. The van der Waals surface area contributed by atoms with E-state index < -0.39 is 5.41 Å². The summed E-state index contributed by atoms with van der Waals surface area (Å²) in [6, 6.07) is 17.4. The molecule has 0 radical (unpaired) electrons. The van der Waals surface area contributed by atoms with Crippen molar-refractivity contribution in [3.05, 3.63) is 133 Å². The van der Waals surface area contributed by atoms with E-state index in [0.29, 0.717) is 0 Å². The molecule has 27 heavy (non-hydrogen) atoms. The zero-order valence-electron chi connectivity index (χ0n) is 16.2. The number of benzene rings is 2. The lowest BCUT2D eigenvalue weighted by Crippen LogP contribution is -2.29. The molecule has 0 heterocycles. The molecule has 0 heteroatoms. The minimum Gasteiger partial charge on any atom is -0.0991 e. The van der Waals surface area contributed by atoms with Gasteiger partial charge in [0.1, 0.15) is 0 Å². The third-order valence-corrected chi connectivity index (χ3v) is 5.11. The van der Waals surface area contributed by atoms with Gasteiger partial charge in [-0.3, -0.25) is 0 Å². The van der Waals surface area contributed by atoms with Crippen LogP contribution in [0.4, 0.5) is 0 Å². The molecular formula is C27H26. The van der Waals surface area contributed by atoms with Gasteiger partial charge in [-0.1, -0.05) is 110 Å². The van der Waals surface area contributed by atoms with E-state index in [1.165, 1.54) is 33.4 Å². The summed E-state index contributed by atoms with van der Waals surface area (Å²) in [7, 11) is 0. The van der Waals surface area contributed by atoms with E-state index in [2.05, 4.69) is 112 Å². The third kappa shape index (κ3) is 2.88. The molecule has 0 aromatic heterocycles. The Bertz CT molecular complexity index is 895. The molecule has 134 valence electrons. The standard InChI is InChI=1S/C27H26/c1-5-13-21(14-6-2)27(22(15-7-3)16-8-4)25-19-11-9-17-23(25)24-18-10-12-20-26(24)27/h5-20H,1,3H2,2,4H3/b14-6-,16-8-,21-13+,22-15+. The van der Waals surface area contributed by atoms with E-state index in [9.17, 15) is 0 Å². The van der Waals surface area contributed by atoms with Crippen LogP contribution in [0.2, 0.25) is 0 Å². The Labute approximate surface area is 163 Å². The van der Waals surface area contributed by atoms with Gasteiger partial charge in [-0.25, -0.2) is 0 Å². The van der Waals surface area contributed by atoms with Crippen molar-refractivity contribution in [3.8, 4) is 11.1 Å². The van der Waals surface area contributed by atoms with Crippen LogP contribution in [0.3, 0.4) is 0 Å². The van der Waals surface area contributed by atoms with Crippen LogP contribution in [0.15, 0.2) is 121 Å². The van der Waals surface area contributed by atoms with E-state index >= 15 is 0 Å². The monoisotopic (exact) mass is 350 g/mol. The van der Waals surface area contributed by atoms with Gasteiger partial charge in [0.15, 0.2) is 0 Å². The normalized spacial score (nSPS) is 15.8. The lowest BCUT2D eigenvalue weighted by molar-refractivity contribution is 0.765. The Balaban J connectivity index is 2.55. The SMILES string of the molecule is C=C/C=C(\C=C/C)C1(C(/C=C\C)=C/C=C)c2ccccc2-c2ccccc21. The van der Waals surface area contributed by atoms with Crippen LogP contribution in [-0.4, -0.2) is 0 Å². The van der Waals surface area contributed by atoms with Crippen molar-refractivity contribution in [1.29, 1.82) is 0 Å². The first-order valence-corrected chi connectivity index (χ1v) is 9.36. The molecular weight excluding hydrogens is 324 g/mol. The fourth-order valence-corrected chi connectivity index (χ4v) is 4.25. The van der Waals surface area contributed by atoms with Crippen LogP contribution in [0.5, 0.6) is 0 Å². The van der Waals surface area contributed by atoms with E-state index in [4.69, 9.17) is 0 Å². The number of hydrogen-bond acceptors (Lipinski definition) is 0. The van der Waals surface area contributed by atoms with E-state index in [1.54, 1.807) is 0 Å². The quantitative estimate of drug-likeness (QED) is 0.478. The molecule has 0 atom stereocenters. The van der Waals surface area contributed by atoms with Crippen LogP contribution in [0, 0.1) is 0 Å². The number of allylic oxidation sites excluding steroid dienone is 10. The van der Waals surface area contributed by atoms with Gasteiger partial charge < -0.3 is 0 Å². The first kappa shape index (κ1) is 18.7. The maximum absolute atomic E-state index is 3.98. The minimum absolute atomic E-state index is 0.394. The Hall–Kier alpha value is -3.12. The molecule has 0 fully saturated rings. The van der Waals surface area contributed by atoms with Crippen molar-refractivity contribution in [1.82, 2.24) is 0 Å². The summed E-state index contributed by atoms with van der Waals surface area (Å²) in [5.41, 5.74) is 7.16. The predicted octanol–water partition coefficient (Wildman–Crippen LogP) is 7.33. The fourth-order valence-electron chi connectivity index (χ4n) is 4.25. The molecule has 0 unspecified atom stereocenters. The Morgan fingerprint density at radius 3 is 1.48 bits per heavy atom. The highest BCUT2D eigenvalue weighted by atomic mass is 14.5. The van der Waals surface area contributed by atoms with Crippen molar-refractivity contribution in [2.75, 3.05) is 0 Å². The summed E-state index contributed by atoms with van der Waals surface area (Å²) in [5, 5.41) is 0. The summed E-state index contributed by atoms with van der Waals surface area (Å²) < 4.78 is 0. The molecule has 0 bridgehead atoms. The summed E-state index contributed by atoms with van der Waals surface area (Å²) in [5.74, 6) is 0. The molecule has 1 aliphatic carbocycles. The van der Waals surface area contributed by atoms with Gasteiger partial charge in [0.25, 0.3) is 0 Å². The Morgan fingerprint density at radius 2 is 1.11 bits per heavy atom. The first-order valence-electron chi connectivity index (χ1n) is 9.36. The van der Waals surface area contributed by atoms with Gasteiger partial charge in [0, 0.05) is 0 Å². The maximum atomic E-state index is 3.98. The Morgan fingerprint density at radius 1 is 0.704 bits per heavy atom. The average Bonchev–Trinajstić information content (AvgIpc) is 2.99. The van der Waals surface area contributed by atoms with E-state index in [-0.39, 0.29) is 0 Å². The van der Waals surface area contributed by atoms with Gasteiger partial charge in [0.05, 0.1) is 5.41 Å². The molecule has 0 spiro atoms. The summed E-state index contributed by atoms with van der Waals surface area (Å²) >= 11 is 0. The fraction of sp³-hybridized carbons (Fsp3) is 0.111. The predicted molar refractivity (Wildman–Crippen MR) is 119 cm³/mol. The lowest BCUT2D eigenvalue weighted by Gasteiger charge is -2.35. The van der Waals surface area contributed by atoms with Crippen LogP contribution in [-0.2, 0) is 5.41 Å². The summed E-state index contributed by atoms with van der Waals surface area (Å²) in [6.45, 7) is 12.1. The summed E-state index contributed by atoms with van der Waals surface area (Å²) in [4.78, 5) is 0. The van der Waals surface area contributed by atoms with E-state index in [1.807, 2.05) is 12.2 Å². The molecule has 0 nitrogen and oxygen atoms in total. The molecule has 2 aromatic rings. The third-order valence-electron chi connectivity index (χ3n) is 5.11. The number of hydrogen-bond donors (Lipinski definition) is 0. The second-order valence-corrected chi connectivity index (χ2v) is 6.56. The van der Waals surface area contributed by atoms with Crippen molar-refractivity contribution >= 4 is 0 Å². The molecule has 0 saturated heterocycles. The topological polar surface area (TPSA) is 0 Å². The maximum Gasteiger partial charge on any atom is 0.0713 e. The summed E-state index contributed by atoms with van der Waals surface area (Å²) in [6.07, 6.45) is 16.6. The smallest absolute Gasteiger partial charge is 0.0713 e. The zero-order valence-corrected chi connectivity index (χ0v) is 16.2. The molecule has 1 aliphatic rings. The minimum atomic E-state index is -0.394. The van der Waals surface area contributed by atoms with Crippen molar-refractivity contribution in [2.45, 2.75) is 19.3 Å². The highest BCUT2D eigenvalue weighted by Crippen LogP contribution is 2.57. The van der Waals surface area contributed by atoms with Gasteiger partial charge >= 0.3 is 0 Å². The Kier molecular flexibility index (Phi) is 5.57. The van der Waals surface area contributed by atoms with Gasteiger partial charge in [-0.05, 0) is 47.2 Å². The van der Waals surface area contributed by atoms with Crippen molar-refractivity contribution < 1.29 is 0 Å². The van der Waals surface area contributed by atoms with Crippen LogP contribution < -0.4 is 0 Å². The molecule has 2 aromatic carbocycles. The highest BCUT2D eigenvalue weighted by molar-refractivity contribution is 5.87. The van der Waals surface area contributed by atoms with Crippen LogP contribution in [0.25, 0.3) is 11.1 Å². The zero-order chi connectivity index (χ0) is 19.3. The van der Waals surface area contributed by atoms with Crippen molar-refractivity contribution in [3.63, 3.8) is 0 Å². The largest absolute Gasteiger partial charge is 0.0991 e. The molecule has 0 saturated carbocycles. The number of rotatable bonds is 6. The second kappa shape index (κ2) is 8.05.